The molecule has 1 N–H and O–H groups in total. The highest BCUT2D eigenvalue weighted by atomic mass is 79.9. The minimum Gasteiger partial charge on any atom is -0.493 e. The van der Waals surface area contributed by atoms with Crippen LogP contribution >= 0.6 is 15.9 Å². The average molecular weight is 354 g/mol. The minimum atomic E-state index is 0.607. The molecule has 0 amide bonds. The van der Waals surface area contributed by atoms with Gasteiger partial charge in [0.1, 0.15) is 5.76 Å². The number of furan rings is 1. The van der Waals surface area contributed by atoms with Crippen molar-refractivity contribution in [2.75, 3.05) is 20.3 Å². The monoisotopic (exact) mass is 353 g/mol. The molecule has 0 aliphatic rings. The summed E-state index contributed by atoms with van der Waals surface area (Å²) in [7, 11) is 1.65. The van der Waals surface area contributed by atoms with Crippen molar-refractivity contribution in [1.82, 2.24) is 5.32 Å². The molecule has 5 heteroatoms. The number of rotatable bonds is 8. The smallest absolute Gasteiger partial charge is 0.175 e. The Balaban J connectivity index is 1.92. The summed E-state index contributed by atoms with van der Waals surface area (Å²) in [6.45, 7) is 4.19. The maximum Gasteiger partial charge on any atom is 0.175 e. The molecule has 1 aromatic heterocycles. The van der Waals surface area contributed by atoms with E-state index in [9.17, 15) is 0 Å². The SMILES string of the molecule is CCOc1c(Br)cc(CNCCc2ccco2)cc1OC. The van der Waals surface area contributed by atoms with Gasteiger partial charge in [-0.2, -0.15) is 0 Å². The molecule has 0 saturated heterocycles. The molecule has 0 aliphatic carbocycles. The third kappa shape index (κ3) is 4.51. The second-order valence-corrected chi connectivity index (χ2v) is 5.40. The summed E-state index contributed by atoms with van der Waals surface area (Å²) in [4.78, 5) is 0. The highest BCUT2D eigenvalue weighted by Gasteiger charge is 2.11. The molecule has 0 saturated carbocycles. The van der Waals surface area contributed by atoms with Crippen LogP contribution in [0.1, 0.15) is 18.2 Å². The van der Waals surface area contributed by atoms with Gasteiger partial charge in [0.05, 0.1) is 24.5 Å². The number of hydrogen-bond donors (Lipinski definition) is 1. The van der Waals surface area contributed by atoms with Crippen LogP contribution in [0.4, 0.5) is 0 Å². The Hall–Kier alpha value is -1.46. The van der Waals surface area contributed by atoms with Crippen molar-refractivity contribution in [3.63, 3.8) is 0 Å². The Bertz CT molecular complexity index is 555. The van der Waals surface area contributed by atoms with Crippen LogP contribution in [0, 0.1) is 0 Å². The largest absolute Gasteiger partial charge is 0.493 e. The summed E-state index contributed by atoms with van der Waals surface area (Å²) in [5, 5.41) is 3.39. The van der Waals surface area contributed by atoms with Crippen LogP contribution in [-0.4, -0.2) is 20.3 Å². The van der Waals surface area contributed by atoms with Crippen molar-refractivity contribution in [2.45, 2.75) is 19.9 Å². The first-order valence-electron chi connectivity index (χ1n) is 6.97. The zero-order valence-electron chi connectivity index (χ0n) is 12.3. The first kappa shape index (κ1) is 15.9. The third-order valence-corrected chi connectivity index (χ3v) is 3.62. The van der Waals surface area contributed by atoms with Crippen LogP contribution in [0.15, 0.2) is 39.4 Å². The zero-order valence-corrected chi connectivity index (χ0v) is 13.9. The zero-order chi connectivity index (χ0) is 15.1. The highest BCUT2D eigenvalue weighted by molar-refractivity contribution is 9.10. The Morgan fingerprint density at radius 2 is 2.19 bits per heavy atom. The molecular weight excluding hydrogens is 334 g/mol. The Morgan fingerprint density at radius 3 is 2.86 bits per heavy atom. The van der Waals surface area contributed by atoms with E-state index in [0.29, 0.717) is 6.61 Å². The molecule has 0 radical (unpaired) electrons. The number of methoxy groups -OCH3 is 1. The number of ether oxygens (including phenoxy) is 2. The summed E-state index contributed by atoms with van der Waals surface area (Å²) in [5.41, 5.74) is 1.14. The lowest BCUT2D eigenvalue weighted by Gasteiger charge is -2.13. The second-order valence-electron chi connectivity index (χ2n) is 4.55. The van der Waals surface area contributed by atoms with Gasteiger partial charge in [0, 0.05) is 19.5 Å². The van der Waals surface area contributed by atoms with Gasteiger partial charge < -0.3 is 19.2 Å². The number of nitrogens with one attached hydrogen (secondary N) is 1. The quantitative estimate of drug-likeness (QED) is 0.733. The van der Waals surface area contributed by atoms with Crippen LogP contribution in [0.2, 0.25) is 0 Å². The van der Waals surface area contributed by atoms with Gasteiger partial charge in [-0.05, 0) is 52.7 Å². The summed E-state index contributed by atoms with van der Waals surface area (Å²) in [5.74, 6) is 2.49. The minimum absolute atomic E-state index is 0.607. The van der Waals surface area contributed by atoms with E-state index in [2.05, 4.69) is 21.2 Å². The van der Waals surface area contributed by atoms with Crippen molar-refractivity contribution in [1.29, 1.82) is 0 Å². The van der Waals surface area contributed by atoms with Crippen LogP contribution < -0.4 is 14.8 Å². The van der Waals surface area contributed by atoms with Crippen molar-refractivity contribution < 1.29 is 13.9 Å². The van der Waals surface area contributed by atoms with Gasteiger partial charge in [0.25, 0.3) is 0 Å². The average Bonchev–Trinajstić information content (AvgIpc) is 2.99. The Kier molecular flexibility index (Phi) is 6.14. The summed E-state index contributed by atoms with van der Waals surface area (Å²) < 4.78 is 17.2. The Morgan fingerprint density at radius 1 is 1.33 bits per heavy atom. The lowest BCUT2D eigenvalue weighted by molar-refractivity contribution is 0.308. The molecule has 2 aromatic rings. The normalized spacial score (nSPS) is 10.6. The van der Waals surface area contributed by atoms with E-state index in [-0.39, 0.29) is 0 Å². The van der Waals surface area contributed by atoms with E-state index in [0.717, 1.165) is 46.8 Å². The van der Waals surface area contributed by atoms with Crippen LogP contribution in [0.25, 0.3) is 0 Å². The molecule has 21 heavy (non-hydrogen) atoms. The molecule has 0 bridgehead atoms. The number of halogens is 1. The van der Waals surface area contributed by atoms with Crippen molar-refractivity contribution in [2.24, 2.45) is 0 Å². The van der Waals surface area contributed by atoms with E-state index in [1.54, 1.807) is 13.4 Å². The molecule has 0 atom stereocenters. The van der Waals surface area contributed by atoms with Gasteiger partial charge in [-0.3, -0.25) is 0 Å². The molecule has 4 nitrogen and oxygen atoms in total. The standard InChI is InChI=1S/C16H20BrNO3/c1-3-20-16-14(17)9-12(10-15(16)19-2)11-18-7-6-13-5-4-8-21-13/h4-5,8-10,18H,3,6-7,11H2,1-2H3. The molecule has 0 aliphatic heterocycles. The van der Waals surface area contributed by atoms with Gasteiger partial charge in [-0.1, -0.05) is 0 Å². The predicted octanol–water partition coefficient (Wildman–Crippen LogP) is 3.78. The first-order valence-corrected chi connectivity index (χ1v) is 7.76. The van der Waals surface area contributed by atoms with Gasteiger partial charge in [-0.25, -0.2) is 0 Å². The number of benzene rings is 1. The summed E-state index contributed by atoms with van der Waals surface area (Å²) in [6, 6.07) is 7.94. The van der Waals surface area contributed by atoms with Crippen LogP contribution in [0.3, 0.4) is 0 Å². The van der Waals surface area contributed by atoms with E-state index < -0.39 is 0 Å². The molecule has 0 unspecified atom stereocenters. The number of hydrogen-bond acceptors (Lipinski definition) is 4. The Labute approximate surface area is 133 Å². The fourth-order valence-electron chi connectivity index (χ4n) is 2.06. The third-order valence-electron chi connectivity index (χ3n) is 3.04. The summed E-state index contributed by atoms with van der Waals surface area (Å²) in [6.07, 6.45) is 2.58. The van der Waals surface area contributed by atoms with Crippen LogP contribution in [-0.2, 0) is 13.0 Å². The molecular formula is C16H20BrNO3. The molecule has 0 spiro atoms. The van der Waals surface area contributed by atoms with Crippen molar-refractivity contribution in [3.8, 4) is 11.5 Å². The van der Waals surface area contributed by atoms with Crippen LogP contribution in [0.5, 0.6) is 11.5 Å². The van der Waals surface area contributed by atoms with E-state index in [1.807, 2.05) is 31.2 Å². The van der Waals surface area contributed by atoms with Gasteiger partial charge >= 0.3 is 0 Å². The van der Waals surface area contributed by atoms with Gasteiger partial charge in [0.2, 0.25) is 0 Å². The first-order chi connectivity index (χ1) is 10.2. The lowest BCUT2D eigenvalue weighted by Crippen LogP contribution is -2.16. The maximum atomic E-state index is 5.58. The maximum absolute atomic E-state index is 5.58. The predicted molar refractivity (Wildman–Crippen MR) is 86.0 cm³/mol. The molecule has 0 fully saturated rings. The highest BCUT2D eigenvalue weighted by Crippen LogP contribution is 2.36. The molecule has 1 aromatic carbocycles. The van der Waals surface area contributed by atoms with E-state index in [4.69, 9.17) is 13.9 Å². The topological polar surface area (TPSA) is 43.6 Å². The van der Waals surface area contributed by atoms with Gasteiger partial charge in [0.15, 0.2) is 11.5 Å². The molecule has 1 heterocycles. The fraction of sp³-hybridized carbons (Fsp3) is 0.375. The van der Waals surface area contributed by atoms with E-state index >= 15 is 0 Å². The fourth-order valence-corrected chi connectivity index (χ4v) is 2.66. The van der Waals surface area contributed by atoms with Crippen molar-refractivity contribution in [3.05, 3.63) is 46.3 Å². The van der Waals surface area contributed by atoms with Crippen molar-refractivity contribution >= 4 is 15.9 Å². The van der Waals surface area contributed by atoms with Gasteiger partial charge in [-0.15, -0.1) is 0 Å². The molecule has 114 valence electrons. The molecule has 2 rings (SSSR count). The lowest BCUT2D eigenvalue weighted by atomic mass is 10.2. The second kappa shape index (κ2) is 8.10. The van der Waals surface area contributed by atoms with E-state index in [1.165, 1.54) is 0 Å². The summed E-state index contributed by atoms with van der Waals surface area (Å²) >= 11 is 3.53.